The summed E-state index contributed by atoms with van der Waals surface area (Å²) >= 11 is 0. The van der Waals surface area contributed by atoms with Gasteiger partial charge in [-0.1, -0.05) is 0 Å². The van der Waals surface area contributed by atoms with Crippen molar-refractivity contribution in [1.82, 2.24) is 0 Å². The molecule has 4 heteroatoms. The van der Waals surface area contributed by atoms with Gasteiger partial charge in [0, 0.05) is 13.2 Å². The maximum Gasteiger partial charge on any atom is 0.0542 e. The predicted molar refractivity (Wildman–Crippen MR) is 58.5 cm³/mol. The molecule has 0 saturated heterocycles. The monoisotopic (exact) mass is 220 g/mol. The van der Waals surface area contributed by atoms with Crippen molar-refractivity contribution in [3.05, 3.63) is 0 Å². The summed E-state index contributed by atoms with van der Waals surface area (Å²) < 4.78 is 0. The van der Waals surface area contributed by atoms with Gasteiger partial charge in [0.05, 0.1) is 12.2 Å². The van der Waals surface area contributed by atoms with Crippen LogP contribution in [0.15, 0.2) is 0 Å². The lowest BCUT2D eigenvalue weighted by Gasteiger charge is -2.20. The summed E-state index contributed by atoms with van der Waals surface area (Å²) in [6.45, 7) is 0.500. The first-order chi connectivity index (χ1) is 7.20. The molecule has 1 aliphatic rings. The second-order valence-electron chi connectivity index (χ2n) is 3.97. The fourth-order valence-electron chi connectivity index (χ4n) is 1.46. The average molecular weight is 220 g/mol. The van der Waals surface area contributed by atoms with Gasteiger partial charge in [-0.25, -0.2) is 0 Å². The summed E-state index contributed by atoms with van der Waals surface area (Å²) in [7, 11) is 0. The number of aliphatic hydroxyl groups excluding tert-OH is 4. The Morgan fingerprint density at radius 1 is 0.667 bits per heavy atom. The Bertz CT molecular complexity index is 108. The molecule has 1 fully saturated rings. The molecule has 1 rings (SSSR count). The van der Waals surface area contributed by atoms with Crippen molar-refractivity contribution in [1.29, 1.82) is 0 Å². The van der Waals surface area contributed by atoms with Crippen LogP contribution in [0.1, 0.15) is 44.9 Å². The van der Waals surface area contributed by atoms with Crippen LogP contribution < -0.4 is 0 Å². The van der Waals surface area contributed by atoms with Gasteiger partial charge in [0.1, 0.15) is 0 Å². The van der Waals surface area contributed by atoms with E-state index in [-0.39, 0.29) is 25.4 Å². The van der Waals surface area contributed by atoms with Crippen LogP contribution in [-0.2, 0) is 0 Å². The van der Waals surface area contributed by atoms with Crippen molar-refractivity contribution < 1.29 is 20.4 Å². The van der Waals surface area contributed by atoms with E-state index in [9.17, 15) is 0 Å². The molecule has 1 saturated carbocycles. The zero-order valence-corrected chi connectivity index (χ0v) is 9.31. The van der Waals surface area contributed by atoms with E-state index in [0.29, 0.717) is 0 Å². The van der Waals surface area contributed by atoms with Gasteiger partial charge in [-0.2, -0.15) is 0 Å². The molecule has 0 aliphatic heterocycles. The third kappa shape index (κ3) is 10.1. The Balaban J connectivity index is 0.000000265. The molecule has 0 radical (unpaired) electrons. The second kappa shape index (κ2) is 10.4. The largest absolute Gasteiger partial charge is 0.396 e. The Morgan fingerprint density at radius 2 is 1.00 bits per heavy atom. The minimum Gasteiger partial charge on any atom is -0.396 e. The maximum absolute atomic E-state index is 8.92. The number of hydrogen-bond donors (Lipinski definition) is 4. The highest BCUT2D eigenvalue weighted by Gasteiger charge is 2.15. The average Bonchev–Trinajstić information content (AvgIpc) is 2.24. The van der Waals surface area contributed by atoms with Crippen LogP contribution in [0.4, 0.5) is 0 Å². The Kier molecular flexibility index (Phi) is 10.3. The van der Waals surface area contributed by atoms with Crippen LogP contribution in [0, 0.1) is 0 Å². The number of rotatable bonds is 4. The third-order valence-electron chi connectivity index (χ3n) is 2.48. The molecule has 0 spiro atoms. The van der Waals surface area contributed by atoms with Crippen LogP contribution in [0.5, 0.6) is 0 Å². The molecule has 0 heterocycles. The molecule has 0 aromatic carbocycles. The Hall–Kier alpha value is -0.160. The standard InChI is InChI=1S/C6H12O2.C5H12O2/c7-5-1-2-6(8)4-3-5;6-4-2-1-3-5-7/h5-8H,1-4H2;6-7H,1-5H2. The van der Waals surface area contributed by atoms with Gasteiger partial charge >= 0.3 is 0 Å². The highest BCUT2D eigenvalue weighted by atomic mass is 16.3. The molecule has 0 bridgehead atoms. The fraction of sp³-hybridized carbons (Fsp3) is 1.00. The van der Waals surface area contributed by atoms with Crippen molar-refractivity contribution in [2.45, 2.75) is 57.2 Å². The number of aliphatic hydroxyl groups is 4. The molecule has 0 amide bonds. The minimum atomic E-state index is -0.140. The number of unbranched alkanes of at least 4 members (excludes halogenated alkanes) is 2. The zero-order valence-electron chi connectivity index (χ0n) is 9.31. The highest BCUT2D eigenvalue weighted by molar-refractivity contribution is 4.69. The van der Waals surface area contributed by atoms with Gasteiger partial charge in [-0.05, 0) is 44.9 Å². The molecule has 15 heavy (non-hydrogen) atoms. The van der Waals surface area contributed by atoms with E-state index in [1.165, 1.54) is 0 Å². The van der Waals surface area contributed by atoms with Gasteiger partial charge in [-0.15, -0.1) is 0 Å². The van der Waals surface area contributed by atoms with E-state index in [2.05, 4.69) is 0 Å². The molecule has 0 unspecified atom stereocenters. The highest BCUT2D eigenvalue weighted by Crippen LogP contribution is 2.17. The summed E-state index contributed by atoms with van der Waals surface area (Å²) in [6.07, 6.45) is 5.41. The predicted octanol–water partition coefficient (Wildman–Crippen LogP) is 0.423. The van der Waals surface area contributed by atoms with E-state index in [1.807, 2.05) is 0 Å². The van der Waals surface area contributed by atoms with Crippen molar-refractivity contribution in [2.75, 3.05) is 13.2 Å². The Labute approximate surface area is 91.6 Å². The first-order valence-corrected chi connectivity index (χ1v) is 5.78. The maximum atomic E-state index is 8.92. The van der Waals surface area contributed by atoms with Crippen molar-refractivity contribution >= 4 is 0 Å². The van der Waals surface area contributed by atoms with Crippen LogP contribution in [-0.4, -0.2) is 45.8 Å². The second-order valence-corrected chi connectivity index (χ2v) is 3.97. The van der Waals surface area contributed by atoms with Gasteiger partial charge in [-0.3, -0.25) is 0 Å². The number of hydrogen-bond acceptors (Lipinski definition) is 4. The molecule has 92 valence electrons. The van der Waals surface area contributed by atoms with E-state index in [0.717, 1.165) is 44.9 Å². The molecule has 1 aliphatic carbocycles. The van der Waals surface area contributed by atoms with Gasteiger partial charge in [0.25, 0.3) is 0 Å². The topological polar surface area (TPSA) is 80.9 Å². The van der Waals surface area contributed by atoms with Gasteiger partial charge in [0.2, 0.25) is 0 Å². The first kappa shape index (κ1) is 14.8. The van der Waals surface area contributed by atoms with E-state index in [1.54, 1.807) is 0 Å². The van der Waals surface area contributed by atoms with E-state index in [4.69, 9.17) is 20.4 Å². The molecule has 4 N–H and O–H groups in total. The van der Waals surface area contributed by atoms with Crippen molar-refractivity contribution in [3.63, 3.8) is 0 Å². The van der Waals surface area contributed by atoms with E-state index < -0.39 is 0 Å². The summed E-state index contributed by atoms with van der Waals surface area (Å²) in [4.78, 5) is 0. The van der Waals surface area contributed by atoms with Crippen molar-refractivity contribution in [2.24, 2.45) is 0 Å². The molecule has 0 atom stereocenters. The quantitative estimate of drug-likeness (QED) is 0.518. The molecule has 0 aromatic heterocycles. The SMILES string of the molecule is OC1CCC(O)CC1.OCCCCCO. The summed E-state index contributed by atoms with van der Waals surface area (Å²) in [5, 5.41) is 34.3. The Morgan fingerprint density at radius 3 is 1.27 bits per heavy atom. The van der Waals surface area contributed by atoms with Gasteiger partial charge in [0.15, 0.2) is 0 Å². The smallest absolute Gasteiger partial charge is 0.0542 e. The molecule has 4 nitrogen and oxygen atoms in total. The molecular formula is C11H24O4. The zero-order chi connectivity index (χ0) is 11.5. The summed E-state index contributed by atoms with van der Waals surface area (Å²) in [5.74, 6) is 0. The lowest BCUT2D eigenvalue weighted by Crippen LogP contribution is -2.21. The normalized spacial score (nSPS) is 25.6. The summed E-state index contributed by atoms with van der Waals surface area (Å²) in [5.41, 5.74) is 0. The fourth-order valence-corrected chi connectivity index (χ4v) is 1.46. The lowest BCUT2D eigenvalue weighted by atomic mass is 9.95. The van der Waals surface area contributed by atoms with Crippen LogP contribution in [0.2, 0.25) is 0 Å². The first-order valence-electron chi connectivity index (χ1n) is 5.78. The lowest BCUT2D eigenvalue weighted by molar-refractivity contribution is 0.0541. The minimum absolute atomic E-state index is 0.140. The summed E-state index contributed by atoms with van der Waals surface area (Å²) in [6, 6.07) is 0. The molecular weight excluding hydrogens is 196 g/mol. The third-order valence-corrected chi connectivity index (χ3v) is 2.48. The van der Waals surface area contributed by atoms with E-state index >= 15 is 0 Å². The van der Waals surface area contributed by atoms with Crippen molar-refractivity contribution in [3.8, 4) is 0 Å². The van der Waals surface area contributed by atoms with Crippen LogP contribution in [0.25, 0.3) is 0 Å². The van der Waals surface area contributed by atoms with Gasteiger partial charge < -0.3 is 20.4 Å². The van der Waals surface area contributed by atoms with Crippen LogP contribution >= 0.6 is 0 Å². The van der Waals surface area contributed by atoms with Crippen LogP contribution in [0.3, 0.4) is 0 Å². The molecule has 0 aromatic rings.